The molecule has 0 spiro atoms. The molecule has 0 fully saturated rings. The number of benzene rings is 2. The second-order valence-corrected chi connectivity index (χ2v) is 13.1. The van der Waals surface area contributed by atoms with Crippen LogP contribution < -0.4 is 18.9 Å². The minimum Gasteiger partial charge on any atom is -0.497 e. The van der Waals surface area contributed by atoms with Crippen molar-refractivity contribution < 1.29 is 23.2 Å². The van der Waals surface area contributed by atoms with Gasteiger partial charge in [-0.25, -0.2) is 9.97 Å². The van der Waals surface area contributed by atoms with E-state index in [0.29, 0.717) is 5.16 Å². The SMILES string of the molecule is COc1ccc2nc(SCc3ncc(C)c(OC)c3C)[nH]c2c1.COc1ccc2nc([S@@](=O)Cc3ncc(C)c(OC)c3C)[nH]c2c1. The lowest BCUT2D eigenvalue weighted by Crippen LogP contribution is -2.05. The summed E-state index contributed by atoms with van der Waals surface area (Å²) < 4.78 is 34.0. The number of thioether (sulfide) groups is 1. The molecule has 0 radical (unpaired) electrons. The fraction of sp³-hybridized carbons (Fsp3) is 0.294. The van der Waals surface area contributed by atoms with Crippen LogP contribution in [0.5, 0.6) is 23.0 Å². The van der Waals surface area contributed by atoms with Crippen LogP contribution in [0.2, 0.25) is 0 Å². The van der Waals surface area contributed by atoms with Crippen molar-refractivity contribution in [2.45, 2.75) is 49.5 Å². The number of aromatic amines is 2. The first-order valence-electron chi connectivity index (χ1n) is 14.7. The van der Waals surface area contributed by atoms with Crippen LogP contribution >= 0.6 is 11.8 Å². The van der Waals surface area contributed by atoms with Gasteiger partial charge in [-0.05, 0) is 52.0 Å². The molecule has 2 aromatic carbocycles. The Hall–Kier alpha value is -4.62. The number of rotatable bonds is 10. The molecule has 246 valence electrons. The summed E-state index contributed by atoms with van der Waals surface area (Å²) >= 11 is 1.63. The van der Waals surface area contributed by atoms with Gasteiger partial charge in [-0.3, -0.25) is 14.2 Å². The molecule has 2 N–H and O–H groups in total. The first-order chi connectivity index (χ1) is 22.6. The maximum absolute atomic E-state index is 12.7. The fourth-order valence-corrected chi connectivity index (χ4v) is 7.13. The standard InChI is InChI=1S/C17H19N3O3S.C17H19N3O2S/c1-10-8-18-15(11(2)16(10)23-4)9-24(21)17-19-13-6-5-12(22-3)7-14(13)20-17;1-10-8-18-15(11(2)16(10)22-4)9-23-17-19-13-6-5-12(21-3)7-14(13)20-17/h5-8H,9H2,1-4H3,(H,19,20);5-8H,9H2,1-4H3,(H,19,20)/t24-;/m0./s1. The Morgan fingerprint density at radius 3 is 1.81 bits per heavy atom. The van der Waals surface area contributed by atoms with Crippen LogP contribution in [0.1, 0.15) is 33.6 Å². The summed E-state index contributed by atoms with van der Waals surface area (Å²) in [5, 5.41) is 1.30. The molecule has 6 rings (SSSR count). The Kier molecular flexibility index (Phi) is 10.7. The van der Waals surface area contributed by atoms with Crippen molar-refractivity contribution in [3.8, 4) is 23.0 Å². The van der Waals surface area contributed by atoms with E-state index in [4.69, 9.17) is 18.9 Å². The van der Waals surface area contributed by atoms with E-state index in [2.05, 4.69) is 29.9 Å². The number of ether oxygens (including phenoxy) is 4. The Bertz CT molecular complexity index is 2060. The molecule has 0 aliphatic carbocycles. The predicted octanol–water partition coefficient (Wildman–Crippen LogP) is 6.78. The van der Waals surface area contributed by atoms with Crippen LogP contribution in [0.4, 0.5) is 0 Å². The molecule has 0 saturated carbocycles. The number of nitrogens with zero attached hydrogens (tertiary/aromatic N) is 4. The van der Waals surface area contributed by atoms with Crippen LogP contribution in [0, 0.1) is 27.7 Å². The first kappa shape index (κ1) is 33.7. The van der Waals surface area contributed by atoms with Crippen molar-refractivity contribution in [3.63, 3.8) is 0 Å². The maximum atomic E-state index is 12.7. The number of H-pyrrole nitrogens is 2. The Morgan fingerprint density at radius 2 is 1.23 bits per heavy atom. The van der Waals surface area contributed by atoms with Gasteiger partial charge in [0.25, 0.3) is 0 Å². The molecule has 6 aromatic rings. The molecule has 0 saturated heterocycles. The summed E-state index contributed by atoms with van der Waals surface area (Å²) in [5.41, 5.74) is 9.20. The highest BCUT2D eigenvalue weighted by Gasteiger charge is 2.16. The molecule has 0 aliphatic rings. The van der Waals surface area contributed by atoms with E-state index >= 15 is 0 Å². The second kappa shape index (κ2) is 14.9. The molecule has 0 aliphatic heterocycles. The summed E-state index contributed by atoms with van der Waals surface area (Å²) in [6.07, 6.45) is 3.59. The van der Waals surface area contributed by atoms with Crippen LogP contribution in [-0.2, 0) is 22.3 Å². The number of hydrogen-bond acceptors (Lipinski definition) is 10. The van der Waals surface area contributed by atoms with Crippen molar-refractivity contribution in [3.05, 3.63) is 82.4 Å². The topological polar surface area (TPSA) is 137 Å². The third kappa shape index (κ3) is 7.52. The third-order valence-electron chi connectivity index (χ3n) is 7.66. The van der Waals surface area contributed by atoms with Gasteiger partial charge in [0.05, 0.1) is 78.4 Å². The minimum absolute atomic E-state index is 0.277. The molecule has 0 amide bonds. The van der Waals surface area contributed by atoms with Gasteiger partial charge in [0, 0.05) is 52.5 Å². The smallest absolute Gasteiger partial charge is 0.197 e. The van der Waals surface area contributed by atoms with Crippen LogP contribution in [0.3, 0.4) is 0 Å². The molecule has 0 bridgehead atoms. The molecule has 0 unspecified atom stereocenters. The predicted molar refractivity (Wildman–Crippen MR) is 185 cm³/mol. The highest BCUT2D eigenvalue weighted by atomic mass is 32.2. The van der Waals surface area contributed by atoms with Crippen molar-refractivity contribution in [2.75, 3.05) is 28.4 Å². The molecule has 47 heavy (non-hydrogen) atoms. The Balaban J connectivity index is 0.000000185. The third-order valence-corrected chi connectivity index (χ3v) is 9.71. The summed E-state index contributed by atoms with van der Waals surface area (Å²) in [7, 11) is 5.26. The largest absolute Gasteiger partial charge is 0.497 e. The number of aryl methyl sites for hydroxylation is 2. The first-order valence-corrected chi connectivity index (χ1v) is 17.0. The zero-order chi connectivity index (χ0) is 33.7. The Morgan fingerprint density at radius 1 is 0.702 bits per heavy atom. The number of aromatic nitrogens is 6. The van der Waals surface area contributed by atoms with Gasteiger partial charge in [0.15, 0.2) is 10.3 Å². The zero-order valence-electron chi connectivity index (χ0n) is 27.7. The van der Waals surface area contributed by atoms with Gasteiger partial charge in [0.1, 0.15) is 23.0 Å². The van der Waals surface area contributed by atoms with E-state index in [0.717, 1.165) is 89.6 Å². The van der Waals surface area contributed by atoms with Gasteiger partial charge >= 0.3 is 0 Å². The average molecular weight is 675 g/mol. The summed E-state index contributed by atoms with van der Waals surface area (Å²) in [6.45, 7) is 7.90. The molecule has 4 aromatic heterocycles. The van der Waals surface area contributed by atoms with Crippen molar-refractivity contribution in [1.29, 1.82) is 0 Å². The lowest BCUT2D eigenvalue weighted by molar-refractivity contribution is 0.407. The van der Waals surface area contributed by atoms with E-state index in [1.807, 2.05) is 70.3 Å². The van der Waals surface area contributed by atoms with Crippen molar-refractivity contribution in [2.24, 2.45) is 0 Å². The molecule has 13 heteroatoms. The number of fused-ring (bicyclic) bond motifs is 2. The van der Waals surface area contributed by atoms with Crippen molar-refractivity contribution >= 4 is 44.6 Å². The number of pyridine rings is 2. The van der Waals surface area contributed by atoms with E-state index in [1.165, 1.54) is 0 Å². The normalized spacial score (nSPS) is 11.7. The fourth-order valence-electron chi connectivity index (χ4n) is 5.12. The van der Waals surface area contributed by atoms with Crippen LogP contribution in [0.25, 0.3) is 22.1 Å². The lowest BCUT2D eigenvalue weighted by atomic mass is 10.1. The van der Waals surface area contributed by atoms with Gasteiger partial charge < -0.3 is 28.9 Å². The molecule has 1 atom stereocenters. The monoisotopic (exact) mass is 674 g/mol. The zero-order valence-corrected chi connectivity index (χ0v) is 29.3. The van der Waals surface area contributed by atoms with Gasteiger partial charge in [-0.2, -0.15) is 0 Å². The number of hydrogen-bond donors (Lipinski definition) is 2. The summed E-state index contributed by atoms with van der Waals surface area (Å²) in [5.74, 6) is 4.25. The second-order valence-electron chi connectivity index (χ2n) is 10.7. The summed E-state index contributed by atoms with van der Waals surface area (Å²) in [4.78, 5) is 24.3. The highest BCUT2D eigenvalue weighted by molar-refractivity contribution is 7.98. The van der Waals surface area contributed by atoms with E-state index in [9.17, 15) is 4.21 Å². The van der Waals surface area contributed by atoms with Gasteiger partial charge in [-0.1, -0.05) is 11.8 Å². The van der Waals surface area contributed by atoms with Crippen molar-refractivity contribution in [1.82, 2.24) is 29.9 Å². The van der Waals surface area contributed by atoms with Gasteiger partial charge in [0.2, 0.25) is 0 Å². The van der Waals surface area contributed by atoms with E-state index in [1.54, 1.807) is 46.4 Å². The number of nitrogens with one attached hydrogen (secondary N) is 2. The maximum Gasteiger partial charge on any atom is 0.197 e. The minimum atomic E-state index is -1.33. The highest BCUT2D eigenvalue weighted by Crippen LogP contribution is 2.30. The molecular formula is C34H38N6O5S2. The molecule has 4 heterocycles. The summed E-state index contributed by atoms with van der Waals surface area (Å²) in [6, 6.07) is 11.3. The average Bonchev–Trinajstić information content (AvgIpc) is 3.69. The Labute approximate surface area is 280 Å². The van der Waals surface area contributed by atoms with E-state index < -0.39 is 10.8 Å². The lowest BCUT2D eigenvalue weighted by Gasteiger charge is -2.11. The quantitative estimate of drug-likeness (QED) is 0.150. The van der Waals surface area contributed by atoms with Gasteiger partial charge in [-0.15, -0.1) is 0 Å². The number of imidazole rings is 2. The number of methoxy groups -OCH3 is 4. The molecular weight excluding hydrogens is 637 g/mol. The van der Waals surface area contributed by atoms with Crippen LogP contribution in [0.15, 0.2) is 59.1 Å². The van der Waals surface area contributed by atoms with E-state index in [-0.39, 0.29) is 5.75 Å². The molecule has 11 nitrogen and oxygen atoms in total. The van der Waals surface area contributed by atoms with Crippen LogP contribution in [-0.4, -0.2) is 62.6 Å².